The van der Waals surface area contributed by atoms with Gasteiger partial charge in [-0.05, 0) is 30.5 Å². The normalized spacial score (nSPS) is 9.90. The molecule has 0 fully saturated rings. The summed E-state index contributed by atoms with van der Waals surface area (Å²) >= 11 is 0. The predicted molar refractivity (Wildman–Crippen MR) is 80.1 cm³/mol. The molecule has 0 aliphatic heterocycles. The Morgan fingerprint density at radius 3 is 2.57 bits per heavy atom. The molecule has 0 radical (unpaired) electrons. The van der Waals surface area contributed by atoms with Crippen LogP contribution in [0.5, 0.6) is 5.75 Å². The lowest BCUT2D eigenvalue weighted by Gasteiger charge is -2.07. The molecule has 1 rings (SSSR count). The van der Waals surface area contributed by atoms with E-state index in [1.54, 1.807) is 6.08 Å². The molecule has 0 bridgehead atoms. The summed E-state index contributed by atoms with van der Waals surface area (Å²) in [7, 11) is 0. The molecule has 21 heavy (non-hydrogen) atoms. The van der Waals surface area contributed by atoms with Gasteiger partial charge in [0.15, 0.2) is 0 Å². The summed E-state index contributed by atoms with van der Waals surface area (Å²) in [6.07, 6.45) is 3.44. The number of carbonyl (C=O) groups is 2. The number of aliphatic carboxylic acids is 1. The number of carbonyl (C=O) groups excluding carboxylic acids is 1. The molecule has 1 aromatic rings. The first-order valence-corrected chi connectivity index (χ1v) is 6.93. The van der Waals surface area contributed by atoms with Crippen molar-refractivity contribution in [2.24, 2.45) is 0 Å². The molecule has 2 N–H and O–H groups in total. The van der Waals surface area contributed by atoms with E-state index >= 15 is 0 Å². The van der Waals surface area contributed by atoms with Crippen molar-refractivity contribution in [3.63, 3.8) is 0 Å². The van der Waals surface area contributed by atoms with Gasteiger partial charge in [0.1, 0.15) is 5.75 Å². The molecule has 5 nitrogen and oxygen atoms in total. The number of carboxylic acids is 1. The summed E-state index contributed by atoms with van der Waals surface area (Å²) in [4.78, 5) is 21.8. The fourth-order valence-corrected chi connectivity index (χ4v) is 1.64. The zero-order chi connectivity index (χ0) is 15.5. The smallest absolute Gasteiger partial charge is 0.303 e. The second-order valence-electron chi connectivity index (χ2n) is 4.59. The molecule has 5 heteroatoms. The van der Waals surface area contributed by atoms with Crippen LogP contribution in [0.2, 0.25) is 0 Å². The summed E-state index contributed by atoms with van der Waals surface area (Å²) < 4.78 is 5.43. The summed E-state index contributed by atoms with van der Waals surface area (Å²) in [5.41, 5.74) is 0.986. The Morgan fingerprint density at radius 2 is 1.95 bits per heavy atom. The highest BCUT2D eigenvalue weighted by atomic mass is 16.5. The Kier molecular flexibility index (Phi) is 7.64. The van der Waals surface area contributed by atoms with Crippen molar-refractivity contribution in [2.75, 3.05) is 6.61 Å². The quantitative estimate of drug-likeness (QED) is 0.513. The van der Waals surface area contributed by atoms with Gasteiger partial charge in [-0.3, -0.25) is 9.59 Å². The number of ether oxygens (including phenoxy) is 1. The largest absolute Gasteiger partial charge is 0.494 e. The first-order chi connectivity index (χ1) is 10.1. The van der Waals surface area contributed by atoms with E-state index in [-0.39, 0.29) is 12.3 Å². The monoisotopic (exact) mass is 291 g/mol. The van der Waals surface area contributed by atoms with E-state index in [1.807, 2.05) is 24.3 Å². The van der Waals surface area contributed by atoms with Crippen molar-refractivity contribution in [2.45, 2.75) is 32.2 Å². The fourth-order valence-electron chi connectivity index (χ4n) is 1.64. The third-order valence-electron chi connectivity index (χ3n) is 2.79. The van der Waals surface area contributed by atoms with Gasteiger partial charge in [0, 0.05) is 19.4 Å². The van der Waals surface area contributed by atoms with Crippen molar-refractivity contribution in [3.05, 3.63) is 42.5 Å². The average Bonchev–Trinajstić information content (AvgIpc) is 2.48. The maximum Gasteiger partial charge on any atom is 0.303 e. The van der Waals surface area contributed by atoms with Crippen LogP contribution < -0.4 is 10.1 Å². The van der Waals surface area contributed by atoms with Crippen LogP contribution in [0.4, 0.5) is 0 Å². The van der Waals surface area contributed by atoms with Crippen molar-refractivity contribution in [1.29, 1.82) is 0 Å². The van der Waals surface area contributed by atoms with E-state index in [1.165, 1.54) is 0 Å². The third-order valence-corrected chi connectivity index (χ3v) is 2.79. The number of nitrogens with one attached hydrogen (secondary N) is 1. The van der Waals surface area contributed by atoms with Crippen molar-refractivity contribution >= 4 is 11.9 Å². The van der Waals surface area contributed by atoms with Gasteiger partial charge in [0.05, 0.1) is 6.61 Å². The number of hydrogen-bond donors (Lipinski definition) is 2. The lowest BCUT2D eigenvalue weighted by atomic mass is 10.2. The van der Waals surface area contributed by atoms with E-state index < -0.39 is 5.97 Å². The van der Waals surface area contributed by atoms with Gasteiger partial charge in [-0.15, -0.1) is 6.58 Å². The third kappa shape index (κ3) is 7.77. The van der Waals surface area contributed by atoms with Crippen LogP contribution in [0.25, 0.3) is 0 Å². The number of amides is 1. The number of benzene rings is 1. The highest BCUT2D eigenvalue weighted by Crippen LogP contribution is 2.12. The molecule has 0 spiro atoms. The van der Waals surface area contributed by atoms with Crippen LogP contribution in [-0.4, -0.2) is 23.6 Å². The first kappa shape index (κ1) is 16.8. The van der Waals surface area contributed by atoms with E-state index in [0.29, 0.717) is 38.2 Å². The molecule has 0 unspecified atom stereocenters. The lowest BCUT2D eigenvalue weighted by Crippen LogP contribution is -2.22. The Bertz CT molecular complexity index is 468. The Morgan fingerprint density at radius 1 is 1.24 bits per heavy atom. The Hall–Kier alpha value is -2.30. The van der Waals surface area contributed by atoms with Crippen LogP contribution in [0.15, 0.2) is 36.9 Å². The highest BCUT2D eigenvalue weighted by Gasteiger charge is 2.01. The Labute approximate surface area is 124 Å². The van der Waals surface area contributed by atoms with E-state index in [0.717, 1.165) is 5.56 Å². The second kappa shape index (κ2) is 9.58. The lowest BCUT2D eigenvalue weighted by molar-refractivity contribution is -0.137. The standard InChI is InChI=1S/C16H21NO4/c1-2-3-5-15(18)17-12-13-7-9-14(10-8-13)21-11-4-6-16(19)20/h2,7-10H,1,3-6,11-12H2,(H,17,18)(H,19,20). The molecule has 1 amide bonds. The van der Waals surface area contributed by atoms with Crippen LogP contribution in [-0.2, 0) is 16.1 Å². The van der Waals surface area contributed by atoms with Gasteiger partial charge in [0.25, 0.3) is 0 Å². The van der Waals surface area contributed by atoms with Crippen LogP contribution in [0.3, 0.4) is 0 Å². The molecule has 114 valence electrons. The van der Waals surface area contributed by atoms with Crippen LogP contribution in [0, 0.1) is 0 Å². The minimum atomic E-state index is -0.818. The minimum Gasteiger partial charge on any atom is -0.494 e. The number of rotatable bonds is 10. The van der Waals surface area contributed by atoms with Crippen molar-refractivity contribution in [3.8, 4) is 5.75 Å². The summed E-state index contributed by atoms with van der Waals surface area (Å²) in [5, 5.41) is 11.3. The first-order valence-electron chi connectivity index (χ1n) is 6.93. The topological polar surface area (TPSA) is 75.6 Å². The molecular weight excluding hydrogens is 270 g/mol. The van der Waals surface area contributed by atoms with E-state index in [9.17, 15) is 9.59 Å². The maximum absolute atomic E-state index is 11.4. The molecule has 1 aromatic carbocycles. The minimum absolute atomic E-state index is 0.00361. The van der Waals surface area contributed by atoms with E-state index in [2.05, 4.69) is 11.9 Å². The number of carboxylic acid groups (broad SMARTS) is 1. The van der Waals surface area contributed by atoms with Crippen LogP contribution >= 0.6 is 0 Å². The molecule has 0 atom stereocenters. The summed E-state index contributed by atoms with van der Waals surface area (Å²) in [6, 6.07) is 7.37. The molecule has 0 saturated carbocycles. The van der Waals surface area contributed by atoms with Crippen molar-refractivity contribution in [1.82, 2.24) is 5.32 Å². The summed E-state index contributed by atoms with van der Waals surface area (Å²) in [6.45, 7) is 4.43. The van der Waals surface area contributed by atoms with Gasteiger partial charge in [-0.1, -0.05) is 18.2 Å². The molecule has 0 saturated heterocycles. The Balaban J connectivity index is 2.28. The van der Waals surface area contributed by atoms with Gasteiger partial charge in [-0.25, -0.2) is 0 Å². The molecule has 0 aliphatic rings. The number of hydrogen-bond acceptors (Lipinski definition) is 3. The van der Waals surface area contributed by atoms with E-state index in [4.69, 9.17) is 9.84 Å². The SMILES string of the molecule is C=CCCC(=O)NCc1ccc(OCCCC(=O)O)cc1. The average molecular weight is 291 g/mol. The fraction of sp³-hybridized carbons (Fsp3) is 0.375. The predicted octanol–water partition coefficient (Wildman–Crippen LogP) is 2.51. The van der Waals surface area contributed by atoms with Crippen LogP contribution in [0.1, 0.15) is 31.2 Å². The zero-order valence-corrected chi connectivity index (χ0v) is 12.0. The molecule has 0 aliphatic carbocycles. The van der Waals surface area contributed by atoms with Crippen molar-refractivity contribution < 1.29 is 19.4 Å². The highest BCUT2D eigenvalue weighted by molar-refractivity contribution is 5.75. The maximum atomic E-state index is 11.4. The number of allylic oxidation sites excluding steroid dienone is 1. The molecular formula is C16H21NO4. The summed E-state index contributed by atoms with van der Waals surface area (Å²) in [5.74, 6) is -0.118. The van der Waals surface area contributed by atoms with Gasteiger partial charge in [-0.2, -0.15) is 0 Å². The molecule has 0 heterocycles. The molecule has 0 aromatic heterocycles. The second-order valence-corrected chi connectivity index (χ2v) is 4.59. The van der Waals surface area contributed by atoms with Gasteiger partial charge < -0.3 is 15.2 Å². The zero-order valence-electron chi connectivity index (χ0n) is 12.0. The van der Waals surface area contributed by atoms with Gasteiger partial charge >= 0.3 is 5.97 Å². The van der Waals surface area contributed by atoms with Gasteiger partial charge in [0.2, 0.25) is 5.91 Å².